The molecule has 3 aromatic rings. The number of hydrogen-bond donors (Lipinski definition) is 1. The molecule has 0 saturated heterocycles. The Bertz CT molecular complexity index is 1070. The number of benzene rings is 1. The van der Waals surface area contributed by atoms with E-state index in [1.165, 1.54) is 17.2 Å². The maximum atomic E-state index is 13.1. The number of halogens is 3. The lowest BCUT2D eigenvalue weighted by atomic mass is 10.1. The molecule has 2 aromatic heterocycles. The Morgan fingerprint density at radius 2 is 1.93 bits per heavy atom. The Morgan fingerprint density at radius 3 is 2.67 bits per heavy atom. The van der Waals surface area contributed by atoms with E-state index < -0.39 is 17.8 Å². The van der Waals surface area contributed by atoms with Crippen molar-refractivity contribution in [3.63, 3.8) is 0 Å². The van der Waals surface area contributed by atoms with Crippen LogP contribution in [0.1, 0.15) is 5.56 Å². The van der Waals surface area contributed by atoms with Gasteiger partial charge in [-0.15, -0.1) is 5.10 Å². The number of likely N-dealkylation sites (N-methyl/N-ethyl adjacent to an activating group) is 1. The van der Waals surface area contributed by atoms with E-state index in [0.717, 1.165) is 12.1 Å². The Hall–Kier alpha value is -3.69. The summed E-state index contributed by atoms with van der Waals surface area (Å²) in [6, 6.07) is 11.2. The number of fused-ring (bicyclic) bond motifs is 1. The molecule has 10 heteroatoms. The van der Waals surface area contributed by atoms with Gasteiger partial charge in [0.2, 0.25) is 0 Å². The molecule has 154 valence electrons. The molecular weight excluding hydrogens is 397 g/mol. The van der Waals surface area contributed by atoms with E-state index in [9.17, 15) is 18.0 Å². The lowest BCUT2D eigenvalue weighted by Gasteiger charge is -2.34. The first kappa shape index (κ1) is 19.6. The lowest BCUT2D eigenvalue weighted by Crippen LogP contribution is -2.45. The highest BCUT2D eigenvalue weighted by Gasteiger charge is 2.31. The van der Waals surface area contributed by atoms with Gasteiger partial charge in [0.05, 0.1) is 16.9 Å². The van der Waals surface area contributed by atoms with Crippen LogP contribution in [0.4, 0.5) is 35.3 Å². The summed E-state index contributed by atoms with van der Waals surface area (Å²) in [6.07, 6.45) is -2.96. The number of nitrogens with one attached hydrogen (secondary N) is 1. The molecule has 0 spiro atoms. The zero-order valence-electron chi connectivity index (χ0n) is 15.9. The number of hydrogen-bond acceptors (Lipinski definition) is 5. The topological polar surface area (TPSA) is 74.2 Å². The fourth-order valence-corrected chi connectivity index (χ4v) is 3.17. The number of urea groups is 1. The zero-order valence-corrected chi connectivity index (χ0v) is 15.9. The van der Waals surface area contributed by atoms with Crippen LogP contribution >= 0.6 is 0 Å². The zero-order chi connectivity index (χ0) is 21.3. The van der Waals surface area contributed by atoms with Crippen LogP contribution < -0.4 is 15.1 Å². The van der Waals surface area contributed by atoms with Gasteiger partial charge in [0, 0.05) is 31.9 Å². The second-order valence-electron chi connectivity index (χ2n) is 6.73. The van der Waals surface area contributed by atoms with E-state index in [1.807, 2.05) is 11.9 Å². The third-order valence-electron chi connectivity index (χ3n) is 4.72. The van der Waals surface area contributed by atoms with Gasteiger partial charge in [-0.2, -0.15) is 18.3 Å². The van der Waals surface area contributed by atoms with Crippen LogP contribution in [0.3, 0.4) is 0 Å². The number of carbonyl (C=O) groups is 1. The van der Waals surface area contributed by atoms with E-state index in [2.05, 4.69) is 20.5 Å². The smallest absolute Gasteiger partial charge is 0.370 e. The van der Waals surface area contributed by atoms with Gasteiger partial charge < -0.3 is 4.90 Å². The summed E-state index contributed by atoms with van der Waals surface area (Å²) in [6.45, 7) is 0.931. The molecule has 4 rings (SSSR count). The highest BCUT2D eigenvalue weighted by atomic mass is 19.4. The summed E-state index contributed by atoms with van der Waals surface area (Å²) in [5.74, 6) is 0.650. The normalized spacial score (nSPS) is 13.7. The monoisotopic (exact) mass is 414 g/mol. The first-order valence-electron chi connectivity index (χ1n) is 9.09. The third kappa shape index (κ3) is 3.88. The molecule has 1 aliphatic rings. The number of amides is 2. The molecule has 0 aliphatic carbocycles. The molecule has 2 amide bonds. The maximum Gasteiger partial charge on any atom is 0.416 e. The summed E-state index contributed by atoms with van der Waals surface area (Å²) in [7, 11) is 1.86. The fourth-order valence-electron chi connectivity index (χ4n) is 3.17. The number of aromatic nitrogens is 3. The van der Waals surface area contributed by atoms with Gasteiger partial charge >= 0.3 is 12.2 Å². The van der Waals surface area contributed by atoms with Crippen molar-refractivity contribution in [2.75, 3.05) is 35.3 Å². The van der Waals surface area contributed by atoms with Crippen molar-refractivity contribution in [1.29, 1.82) is 0 Å². The number of nitrogens with zero attached hydrogens (tertiary/aromatic N) is 5. The van der Waals surface area contributed by atoms with Crippen molar-refractivity contribution >= 4 is 23.4 Å². The average molecular weight is 414 g/mol. The van der Waals surface area contributed by atoms with Gasteiger partial charge in [-0.1, -0.05) is 12.1 Å². The molecule has 30 heavy (non-hydrogen) atoms. The number of alkyl halides is 3. The SMILES string of the molecule is CN1CCN(C(=O)Nc2cccnn2)c2nc(-c3cccc(C(F)(F)F)c3)ccc21. The van der Waals surface area contributed by atoms with Gasteiger partial charge in [-0.05, 0) is 36.4 Å². The van der Waals surface area contributed by atoms with E-state index >= 15 is 0 Å². The van der Waals surface area contributed by atoms with Crippen LogP contribution in [0.5, 0.6) is 0 Å². The molecule has 1 N–H and O–H groups in total. The second kappa shape index (κ2) is 7.62. The summed E-state index contributed by atoms with van der Waals surface area (Å²) in [4.78, 5) is 20.7. The van der Waals surface area contributed by atoms with E-state index in [1.54, 1.807) is 30.3 Å². The molecule has 7 nitrogen and oxygen atoms in total. The predicted molar refractivity (Wildman–Crippen MR) is 106 cm³/mol. The summed E-state index contributed by atoms with van der Waals surface area (Å²) < 4.78 is 39.3. The Kier molecular flexibility index (Phi) is 4.98. The van der Waals surface area contributed by atoms with Crippen LogP contribution in [0.2, 0.25) is 0 Å². The van der Waals surface area contributed by atoms with Gasteiger partial charge in [0.1, 0.15) is 0 Å². The van der Waals surface area contributed by atoms with Crippen molar-refractivity contribution in [1.82, 2.24) is 15.2 Å². The average Bonchev–Trinajstić information content (AvgIpc) is 2.74. The van der Waals surface area contributed by atoms with Gasteiger partial charge in [0.25, 0.3) is 0 Å². The number of rotatable bonds is 2. The quantitative estimate of drug-likeness (QED) is 0.685. The highest BCUT2D eigenvalue weighted by molar-refractivity contribution is 6.03. The second-order valence-corrected chi connectivity index (χ2v) is 6.73. The highest BCUT2D eigenvalue weighted by Crippen LogP contribution is 2.35. The number of pyridine rings is 1. The predicted octanol–water partition coefficient (Wildman–Crippen LogP) is 4.05. The Balaban J connectivity index is 1.70. The van der Waals surface area contributed by atoms with Crippen LogP contribution in [0.15, 0.2) is 54.7 Å². The standard InChI is InChI=1S/C20H17F3N6O/c1-28-10-11-29(19(30)26-17-6-3-9-24-27-17)18-16(28)8-7-15(25-18)13-4-2-5-14(12-13)20(21,22)23/h2-9,12H,10-11H2,1H3,(H,26,27,30). The van der Waals surface area contributed by atoms with E-state index in [-0.39, 0.29) is 5.82 Å². The minimum absolute atomic E-state index is 0.289. The van der Waals surface area contributed by atoms with Crippen molar-refractivity contribution in [3.05, 3.63) is 60.3 Å². The molecular formula is C20H17F3N6O. The van der Waals surface area contributed by atoms with Crippen LogP contribution in [0, 0.1) is 0 Å². The molecule has 3 heterocycles. The molecule has 0 unspecified atom stereocenters. The largest absolute Gasteiger partial charge is 0.416 e. The van der Waals surface area contributed by atoms with Gasteiger partial charge in [-0.3, -0.25) is 10.2 Å². The van der Waals surface area contributed by atoms with E-state index in [4.69, 9.17) is 0 Å². The Labute approximate surface area is 170 Å². The van der Waals surface area contributed by atoms with Gasteiger partial charge in [0.15, 0.2) is 11.6 Å². The minimum Gasteiger partial charge on any atom is -0.370 e. The molecule has 0 fully saturated rings. The molecule has 1 aromatic carbocycles. The van der Waals surface area contributed by atoms with Crippen molar-refractivity contribution in [2.45, 2.75) is 6.18 Å². The van der Waals surface area contributed by atoms with Crippen LogP contribution in [0.25, 0.3) is 11.3 Å². The summed E-state index contributed by atoms with van der Waals surface area (Å²) in [5.41, 5.74) is 0.600. The van der Waals surface area contributed by atoms with Crippen molar-refractivity contribution in [2.24, 2.45) is 0 Å². The summed E-state index contributed by atoms with van der Waals surface area (Å²) >= 11 is 0. The number of carbonyl (C=O) groups excluding carboxylic acids is 1. The van der Waals surface area contributed by atoms with Crippen molar-refractivity contribution < 1.29 is 18.0 Å². The van der Waals surface area contributed by atoms with E-state index in [0.29, 0.717) is 35.9 Å². The first-order chi connectivity index (χ1) is 14.3. The van der Waals surface area contributed by atoms with Gasteiger partial charge in [-0.25, -0.2) is 9.78 Å². The minimum atomic E-state index is -4.45. The molecule has 0 radical (unpaired) electrons. The molecule has 1 aliphatic heterocycles. The third-order valence-corrected chi connectivity index (χ3v) is 4.72. The summed E-state index contributed by atoms with van der Waals surface area (Å²) in [5, 5.41) is 10.2. The number of anilines is 3. The first-order valence-corrected chi connectivity index (χ1v) is 9.09. The molecule has 0 atom stereocenters. The van der Waals surface area contributed by atoms with Crippen LogP contribution in [-0.2, 0) is 6.18 Å². The Morgan fingerprint density at radius 1 is 1.10 bits per heavy atom. The van der Waals surface area contributed by atoms with Crippen LogP contribution in [-0.4, -0.2) is 41.3 Å². The lowest BCUT2D eigenvalue weighted by molar-refractivity contribution is -0.137. The molecule has 0 saturated carbocycles. The molecule has 0 bridgehead atoms. The fraction of sp³-hybridized carbons (Fsp3) is 0.200. The maximum absolute atomic E-state index is 13.1. The van der Waals surface area contributed by atoms with Crippen molar-refractivity contribution in [3.8, 4) is 11.3 Å².